The molecule has 0 bridgehead atoms. The van der Waals surface area contributed by atoms with E-state index < -0.39 is 0 Å². The summed E-state index contributed by atoms with van der Waals surface area (Å²) in [4.78, 5) is 14.9. The third-order valence-corrected chi connectivity index (χ3v) is 6.60. The third-order valence-electron chi connectivity index (χ3n) is 5.22. The molecule has 4 rings (SSSR count). The van der Waals surface area contributed by atoms with E-state index in [2.05, 4.69) is 35.5 Å². The van der Waals surface area contributed by atoms with Gasteiger partial charge in [0, 0.05) is 29.2 Å². The Hall–Kier alpha value is -2.83. The van der Waals surface area contributed by atoms with Gasteiger partial charge in [-0.2, -0.15) is 0 Å². The van der Waals surface area contributed by atoms with Crippen molar-refractivity contribution in [2.75, 3.05) is 13.2 Å². The maximum Gasteiger partial charge on any atom is 0.266 e. The number of nitrogens with zero attached hydrogens (tertiary/aromatic N) is 2. The molecule has 1 aromatic heterocycles. The van der Waals surface area contributed by atoms with Crippen LogP contribution in [-0.4, -0.2) is 32.8 Å². The molecular weight excluding hydrogens is 424 g/mol. The smallest absolute Gasteiger partial charge is 0.266 e. The maximum atomic E-state index is 12.6. The molecule has 0 radical (unpaired) electrons. The molecule has 0 spiro atoms. The number of ether oxygens (including phenoxy) is 1. The molecule has 1 saturated heterocycles. The van der Waals surface area contributed by atoms with E-state index in [4.69, 9.17) is 17.0 Å². The van der Waals surface area contributed by atoms with E-state index in [9.17, 15) is 4.79 Å². The second-order valence-electron chi connectivity index (χ2n) is 7.17. The number of thiocarbonyl (C=S) groups is 1. The van der Waals surface area contributed by atoms with E-state index in [1.165, 1.54) is 11.8 Å². The van der Waals surface area contributed by atoms with Crippen LogP contribution in [0.3, 0.4) is 0 Å². The van der Waals surface area contributed by atoms with E-state index >= 15 is 0 Å². The number of fused-ring (bicyclic) bond motifs is 1. The van der Waals surface area contributed by atoms with E-state index in [0.717, 1.165) is 34.2 Å². The first-order chi connectivity index (χ1) is 15.1. The number of rotatable bonds is 8. The number of aromatic nitrogens is 1. The highest BCUT2D eigenvalue weighted by Gasteiger charge is 2.30. The fourth-order valence-electron chi connectivity index (χ4n) is 3.71. The Labute approximate surface area is 192 Å². The Balaban J connectivity index is 1.57. The van der Waals surface area contributed by atoms with E-state index in [1.54, 1.807) is 4.90 Å². The summed E-state index contributed by atoms with van der Waals surface area (Å²) in [7, 11) is 0. The second-order valence-corrected chi connectivity index (χ2v) is 8.85. The lowest BCUT2D eigenvalue weighted by Crippen LogP contribution is -2.27. The monoisotopic (exact) mass is 448 g/mol. The molecule has 0 N–H and O–H groups in total. The van der Waals surface area contributed by atoms with Gasteiger partial charge in [-0.25, -0.2) is 0 Å². The minimum Gasteiger partial charge on any atom is -0.491 e. The third kappa shape index (κ3) is 4.45. The summed E-state index contributed by atoms with van der Waals surface area (Å²) >= 11 is 6.71. The van der Waals surface area contributed by atoms with Crippen molar-refractivity contribution in [3.05, 3.63) is 83.4 Å². The number of carbonyl (C=O) groups excluding carboxylic acids is 1. The number of carbonyl (C=O) groups is 1. The summed E-state index contributed by atoms with van der Waals surface area (Å²) in [5.41, 5.74) is 3.26. The molecular formula is C25H24N2O2S2. The van der Waals surface area contributed by atoms with Crippen molar-refractivity contribution < 1.29 is 9.53 Å². The zero-order chi connectivity index (χ0) is 21.8. The average Bonchev–Trinajstić information content (AvgIpc) is 3.26. The molecule has 1 fully saturated rings. The lowest BCUT2D eigenvalue weighted by Gasteiger charge is -2.11. The van der Waals surface area contributed by atoms with Crippen LogP contribution in [0.5, 0.6) is 5.75 Å². The van der Waals surface area contributed by atoms with Gasteiger partial charge in [-0.3, -0.25) is 9.69 Å². The van der Waals surface area contributed by atoms with Crippen LogP contribution in [0.1, 0.15) is 18.1 Å². The van der Waals surface area contributed by atoms with Crippen LogP contribution in [0.4, 0.5) is 0 Å². The molecule has 31 heavy (non-hydrogen) atoms. The van der Waals surface area contributed by atoms with Gasteiger partial charge in [0.05, 0.1) is 11.4 Å². The molecule has 0 atom stereocenters. The quantitative estimate of drug-likeness (QED) is 0.253. The van der Waals surface area contributed by atoms with Gasteiger partial charge in [0.15, 0.2) is 0 Å². The van der Waals surface area contributed by atoms with Gasteiger partial charge >= 0.3 is 0 Å². The normalized spacial score (nSPS) is 15.3. The molecule has 4 nitrogen and oxygen atoms in total. The number of thioether (sulfide) groups is 1. The molecule has 0 unspecified atom stereocenters. The number of hydrogen-bond acceptors (Lipinski definition) is 4. The Morgan fingerprint density at radius 3 is 2.71 bits per heavy atom. The van der Waals surface area contributed by atoms with Crippen molar-refractivity contribution in [3.63, 3.8) is 0 Å². The van der Waals surface area contributed by atoms with Crippen LogP contribution in [0, 0.1) is 0 Å². The fraction of sp³-hybridized carbons (Fsp3) is 0.200. The minimum absolute atomic E-state index is 0.0171. The topological polar surface area (TPSA) is 34.5 Å². The van der Waals surface area contributed by atoms with E-state index in [1.807, 2.05) is 49.4 Å². The number of para-hydroxylation sites is 2. The van der Waals surface area contributed by atoms with Crippen LogP contribution in [-0.2, 0) is 17.8 Å². The van der Waals surface area contributed by atoms with Crippen molar-refractivity contribution in [2.24, 2.45) is 0 Å². The maximum absolute atomic E-state index is 12.6. The summed E-state index contributed by atoms with van der Waals surface area (Å²) in [6.07, 6.45) is 6.70. The van der Waals surface area contributed by atoms with Gasteiger partial charge in [-0.05, 0) is 37.1 Å². The Bertz CT molecular complexity index is 1180. The van der Waals surface area contributed by atoms with Gasteiger partial charge in [0.25, 0.3) is 5.91 Å². The number of amides is 1. The summed E-state index contributed by atoms with van der Waals surface area (Å²) in [6.45, 7) is 7.60. The van der Waals surface area contributed by atoms with E-state index in [0.29, 0.717) is 28.9 Å². The van der Waals surface area contributed by atoms with Crippen LogP contribution in [0.25, 0.3) is 17.0 Å². The van der Waals surface area contributed by atoms with Gasteiger partial charge in [0.2, 0.25) is 0 Å². The van der Waals surface area contributed by atoms with Crippen molar-refractivity contribution in [1.82, 2.24) is 9.47 Å². The summed E-state index contributed by atoms with van der Waals surface area (Å²) < 4.78 is 8.88. The first kappa shape index (κ1) is 21.4. The second kappa shape index (κ2) is 9.54. The molecule has 1 aliphatic rings. The van der Waals surface area contributed by atoms with Crippen molar-refractivity contribution in [3.8, 4) is 5.75 Å². The van der Waals surface area contributed by atoms with Gasteiger partial charge < -0.3 is 9.30 Å². The predicted molar refractivity (Wildman–Crippen MR) is 133 cm³/mol. The molecule has 1 amide bonds. The van der Waals surface area contributed by atoms with Crippen LogP contribution >= 0.6 is 24.0 Å². The van der Waals surface area contributed by atoms with Gasteiger partial charge in [-0.1, -0.05) is 66.5 Å². The highest BCUT2D eigenvalue weighted by Crippen LogP contribution is 2.34. The largest absolute Gasteiger partial charge is 0.491 e. The molecule has 0 aliphatic carbocycles. The average molecular weight is 449 g/mol. The SMILES string of the molecule is C=CCc1ccccc1OCCn1cc(/C=C2\SC(=S)N(CC)C2=O)c2ccccc21. The zero-order valence-electron chi connectivity index (χ0n) is 17.4. The first-order valence-electron chi connectivity index (χ1n) is 10.3. The lowest BCUT2D eigenvalue weighted by molar-refractivity contribution is -0.121. The van der Waals surface area contributed by atoms with Gasteiger partial charge in [-0.15, -0.1) is 6.58 Å². The first-order valence-corrected chi connectivity index (χ1v) is 11.5. The summed E-state index contributed by atoms with van der Waals surface area (Å²) in [5.74, 6) is 0.874. The highest BCUT2D eigenvalue weighted by molar-refractivity contribution is 8.26. The zero-order valence-corrected chi connectivity index (χ0v) is 19.0. The highest BCUT2D eigenvalue weighted by atomic mass is 32.2. The van der Waals surface area contributed by atoms with Gasteiger partial charge in [0.1, 0.15) is 16.7 Å². The van der Waals surface area contributed by atoms with E-state index in [-0.39, 0.29) is 5.91 Å². The molecule has 2 aromatic carbocycles. The fourth-order valence-corrected chi connectivity index (χ4v) is 5.09. The number of likely N-dealkylation sites (N-methyl/N-ethyl adjacent to an activating group) is 1. The minimum atomic E-state index is -0.0171. The van der Waals surface area contributed by atoms with Crippen LogP contribution in [0.2, 0.25) is 0 Å². The van der Waals surface area contributed by atoms with Crippen molar-refractivity contribution >= 4 is 51.2 Å². The molecule has 1 aliphatic heterocycles. The summed E-state index contributed by atoms with van der Waals surface area (Å²) in [5, 5.41) is 1.11. The molecule has 6 heteroatoms. The lowest BCUT2D eigenvalue weighted by atomic mass is 10.1. The molecule has 2 heterocycles. The van der Waals surface area contributed by atoms with Crippen LogP contribution < -0.4 is 4.74 Å². The standard InChI is InChI=1S/C25H24N2O2S2/c1-3-9-18-10-5-8-13-22(18)29-15-14-26-17-19(20-11-6-7-12-21(20)26)16-23-24(28)27(4-2)25(30)31-23/h3,5-8,10-13,16-17H,1,4,9,14-15H2,2H3/b23-16-. The molecule has 158 valence electrons. The number of allylic oxidation sites excluding steroid dienone is 1. The van der Waals surface area contributed by atoms with Crippen molar-refractivity contribution in [1.29, 1.82) is 0 Å². The number of hydrogen-bond donors (Lipinski definition) is 0. The Morgan fingerprint density at radius 2 is 1.94 bits per heavy atom. The Kier molecular flexibility index (Phi) is 6.59. The molecule has 3 aromatic rings. The van der Waals surface area contributed by atoms with Crippen molar-refractivity contribution in [2.45, 2.75) is 19.9 Å². The summed E-state index contributed by atoms with van der Waals surface area (Å²) in [6, 6.07) is 16.3. The van der Waals surface area contributed by atoms with Crippen LogP contribution in [0.15, 0.2) is 72.3 Å². The predicted octanol–water partition coefficient (Wildman–Crippen LogP) is 5.67. The number of benzene rings is 2. The molecule has 0 saturated carbocycles. The Morgan fingerprint density at radius 1 is 1.16 bits per heavy atom.